The molecule has 332 valence electrons. The van der Waals surface area contributed by atoms with Crippen molar-refractivity contribution in [3.05, 3.63) is 24.3 Å². The van der Waals surface area contributed by atoms with Crippen LogP contribution in [0.1, 0.15) is 219 Å². The van der Waals surface area contributed by atoms with E-state index >= 15 is 0 Å². The van der Waals surface area contributed by atoms with Crippen LogP contribution in [-0.4, -0.2) is 68.5 Å². The normalized spacial score (nSPS) is 14.5. The molecule has 3 atom stereocenters. The number of phosphoric ester groups is 1. The number of hydrogen-bond donors (Lipinski definition) is 2. The average molecular weight is 813 g/mol. The van der Waals surface area contributed by atoms with Gasteiger partial charge in [0.1, 0.15) is 13.2 Å². The molecule has 2 N–H and O–H groups in total. The number of carbonyl (C=O) groups is 1. The van der Waals surface area contributed by atoms with E-state index in [0.29, 0.717) is 23.9 Å². The van der Waals surface area contributed by atoms with E-state index in [1.54, 1.807) is 0 Å². The molecule has 0 saturated carbocycles. The van der Waals surface area contributed by atoms with E-state index in [1.165, 1.54) is 141 Å². The van der Waals surface area contributed by atoms with Crippen molar-refractivity contribution in [2.24, 2.45) is 0 Å². The minimum absolute atomic E-state index is 0.0134. The Morgan fingerprint density at radius 3 is 1.57 bits per heavy atom. The van der Waals surface area contributed by atoms with Gasteiger partial charge in [-0.15, -0.1) is 0 Å². The standard InChI is InChI=1S/C47H93N2O6P/c1-6-8-10-12-14-16-18-20-21-22-23-24-25-26-27-29-31-33-35-37-39-41-47(51)48-45(44-55-56(52,53)54-43-42-49(3,4)5)46(50)40-38-36-34-32-30-28-19-17-15-13-11-9-7-2/h8,10,14,16,45-46,50H,6-7,9,11-13,15,17-44H2,1-5H3,(H-,48,51,52,53)/b10-8-,16-14-. The predicted molar refractivity (Wildman–Crippen MR) is 238 cm³/mol. The summed E-state index contributed by atoms with van der Waals surface area (Å²) in [4.78, 5) is 25.4. The third-order valence-corrected chi connectivity index (χ3v) is 11.7. The number of nitrogens with one attached hydrogen (secondary N) is 1. The fourth-order valence-electron chi connectivity index (χ4n) is 6.96. The number of rotatable bonds is 43. The van der Waals surface area contributed by atoms with Crippen molar-refractivity contribution in [2.45, 2.75) is 231 Å². The first-order chi connectivity index (χ1) is 27.0. The zero-order valence-electron chi connectivity index (χ0n) is 37.6. The molecule has 56 heavy (non-hydrogen) atoms. The molecule has 0 aliphatic heterocycles. The number of carbonyl (C=O) groups excluding carboxylic acids is 1. The van der Waals surface area contributed by atoms with Crippen LogP contribution < -0.4 is 10.2 Å². The van der Waals surface area contributed by atoms with Gasteiger partial charge in [-0.1, -0.05) is 199 Å². The smallest absolute Gasteiger partial charge is 0.268 e. The molecular formula is C47H93N2O6P. The van der Waals surface area contributed by atoms with Gasteiger partial charge in [0, 0.05) is 6.42 Å². The van der Waals surface area contributed by atoms with Crippen molar-refractivity contribution < 1.29 is 32.9 Å². The van der Waals surface area contributed by atoms with Crippen LogP contribution in [0, 0.1) is 0 Å². The van der Waals surface area contributed by atoms with Crippen LogP contribution in [0.2, 0.25) is 0 Å². The second-order valence-electron chi connectivity index (χ2n) is 17.4. The highest BCUT2D eigenvalue weighted by molar-refractivity contribution is 7.45. The third kappa shape index (κ3) is 41.2. The lowest BCUT2D eigenvalue weighted by Crippen LogP contribution is -2.46. The molecule has 3 unspecified atom stereocenters. The molecule has 0 saturated heterocycles. The van der Waals surface area contributed by atoms with Crippen molar-refractivity contribution >= 4 is 13.7 Å². The van der Waals surface area contributed by atoms with E-state index in [1.807, 2.05) is 21.1 Å². The van der Waals surface area contributed by atoms with Gasteiger partial charge in [-0.05, 0) is 38.5 Å². The van der Waals surface area contributed by atoms with E-state index in [0.717, 1.165) is 51.4 Å². The van der Waals surface area contributed by atoms with Crippen molar-refractivity contribution in [3.63, 3.8) is 0 Å². The second kappa shape index (κ2) is 39.4. The number of quaternary nitrogens is 1. The van der Waals surface area contributed by atoms with Gasteiger partial charge in [0.2, 0.25) is 5.91 Å². The first-order valence-corrected chi connectivity index (χ1v) is 25.1. The molecule has 0 aromatic carbocycles. The first kappa shape index (κ1) is 55.0. The third-order valence-electron chi connectivity index (χ3n) is 10.7. The van der Waals surface area contributed by atoms with Crippen molar-refractivity contribution in [1.29, 1.82) is 0 Å². The summed E-state index contributed by atoms with van der Waals surface area (Å²) in [5.74, 6) is -0.165. The van der Waals surface area contributed by atoms with Crippen LogP contribution in [0.4, 0.5) is 0 Å². The highest BCUT2D eigenvalue weighted by Gasteiger charge is 2.24. The number of hydrogen-bond acceptors (Lipinski definition) is 6. The van der Waals surface area contributed by atoms with Crippen LogP contribution in [0.5, 0.6) is 0 Å². The minimum atomic E-state index is -4.56. The average Bonchev–Trinajstić information content (AvgIpc) is 3.15. The van der Waals surface area contributed by atoms with E-state index in [2.05, 4.69) is 43.5 Å². The molecule has 8 nitrogen and oxygen atoms in total. The van der Waals surface area contributed by atoms with E-state index in [9.17, 15) is 19.4 Å². The Labute approximate surface area is 347 Å². The molecule has 0 heterocycles. The van der Waals surface area contributed by atoms with Crippen LogP contribution in [0.3, 0.4) is 0 Å². The van der Waals surface area contributed by atoms with Gasteiger partial charge in [0.25, 0.3) is 7.82 Å². The lowest BCUT2D eigenvalue weighted by molar-refractivity contribution is -0.870. The van der Waals surface area contributed by atoms with Gasteiger partial charge >= 0.3 is 0 Å². The van der Waals surface area contributed by atoms with Gasteiger partial charge < -0.3 is 28.8 Å². The molecule has 9 heteroatoms. The van der Waals surface area contributed by atoms with Crippen molar-refractivity contribution in [1.82, 2.24) is 5.32 Å². The summed E-state index contributed by atoms with van der Waals surface area (Å²) in [6.07, 6.45) is 46.1. The topological polar surface area (TPSA) is 108 Å². The quantitative estimate of drug-likeness (QED) is 0.0275. The Kier molecular flexibility index (Phi) is 38.7. The number of aliphatic hydroxyl groups excluding tert-OH is 1. The summed E-state index contributed by atoms with van der Waals surface area (Å²) in [6.45, 7) is 4.63. The van der Waals surface area contributed by atoms with Gasteiger partial charge in [0.05, 0.1) is 39.9 Å². The van der Waals surface area contributed by atoms with Crippen molar-refractivity contribution in [2.75, 3.05) is 40.9 Å². The van der Waals surface area contributed by atoms with Gasteiger partial charge in [-0.2, -0.15) is 0 Å². The summed E-state index contributed by atoms with van der Waals surface area (Å²) >= 11 is 0. The van der Waals surface area contributed by atoms with Crippen LogP contribution in [0.25, 0.3) is 0 Å². The molecule has 0 fully saturated rings. The van der Waals surface area contributed by atoms with E-state index in [-0.39, 0.29) is 19.1 Å². The maximum Gasteiger partial charge on any atom is 0.268 e. The molecule has 1 amide bonds. The number of unbranched alkanes of at least 4 members (excludes halogenated alkanes) is 26. The van der Waals surface area contributed by atoms with Crippen LogP contribution in [-0.2, 0) is 18.4 Å². The minimum Gasteiger partial charge on any atom is -0.756 e. The Morgan fingerprint density at radius 1 is 0.643 bits per heavy atom. The van der Waals surface area contributed by atoms with Gasteiger partial charge in [0.15, 0.2) is 0 Å². The molecule has 0 aliphatic rings. The van der Waals surface area contributed by atoms with E-state index < -0.39 is 20.0 Å². The molecule has 0 aromatic heterocycles. The Balaban J connectivity index is 4.24. The highest BCUT2D eigenvalue weighted by Crippen LogP contribution is 2.38. The van der Waals surface area contributed by atoms with Crippen LogP contribution in [0.15, 0.2) is 24.3 Å². The number of phosphoric acid groups is 1. The van der Waals surface area contributed by atoms with Crippen LogP contribution >= 0.6 is 7.82 Å². The van der Waals surface area contributed by atoms with Crippen molar-refractivity contribution in [3.8, 4) is 0 Å². The van der Waals surface area contributed by atoms with Gasteiger partial charge in [-0.25, -0.2) is 0 Å². The molecule has 0 bridgehead atoms. The monoisotopic (exact) mass is 813 g/mol. The summed E-state index contributed by atoms with van der Waals surface area (Å²) in [5, 5.41) is 13.9. The first-order valence-electron chi connectivity index (χ1n) is 23.7. The second-order valence-corrected chi connectivity index (χ2v) is 18.8. The molecule has 0 aromatic rings. The van der Waals surface area contributed by atoms with Gasteiger partial charge in [-0.3, -0.25) is 9.36 Å². The predicted octanol–water partition coefficient (Wildman–Crippen LogP) is 12.7. The lowest BCUT2D eigenvalue weighted by Gasteiger charge is -2.30. The van der Waals surface area contributed by atoms with E-state index in [4.69, 9.17) is 9.05 Å². The molecule has 0 spiro atoms. The Morgan fingerprint density at radius 2 is 1.09 bits per heavy atom. The number of amides is 1. The summed E-state index contributed by atoms with van der Waals surface area (Å²) in [6, 6.07) is -0.797. The summed E-state index contributed by atoms with van der Waals surface area (Å²) in [5.41, 5.74) is 0. The molecular weight excluding hydrogens is 719 g/mol. The molecule has 0 radical (unpaired) electrons. The maximum absolute atomic E-state index is 12.9. The molecule has 0 rings (SSSR count). The highest BCUT2D eigenvalue weighted by atomic mass is 31.2. The Hall–Kier alpha value is -1.02. The Bertz CT molecular complexity index is 969. The molecule has 0 aliphatic carbocycles. The fourth-order valence-corrected chi connectivity index (χ4v) is 7.68. The zero-order chi connectivity index (χ0) is 41.4. The number of aliphatic hydroxyl groups is 1. The largest absolute Gasteiger partial charge is 0.756 e. The number of allylic oxidation sites excluding steroid dienone is 4. The summed E-state index contributed by atoms with van der Waals surface area (Å²) < 4.78 is 23.3. The maximum atomic E-state index is 12.9. The number of likely N-dealkylation sites (N-methyl/N-ethyl adjacent to an activating group) is 1. The SMILES string of the molecule is CC/C=C\C/C=C\CCCCCCCCCCCCCCCCC(=O)NC(COP(=O)([O-])OCC[N+](C)(C)C)C(O)CCCCCCCCCCCCCCC. The zero-order valence-corrected chi connectivity index (χ0v) is 38.5. The summed E-state index contributed by atoms with van der Waals surface area (Å²) in [7, 11) is 1.31. The number of nitrogens with zero attached hydrogens (tertiary/aromatic N) is 1. The lowest BCUT2D eigenvalue weighted by atomic mass is 10.0. The fraction of sp³-hybridized carbons (Fsp3) is 0.894.